The van der Waals surface area contributed by atoms with Crippen molar-refractivity contribution < 1.29 is 9.18 Å². The lowest BCUT2D eigenvalue weighted by molar-refractivity contribution is -0.136. The Morgan fingerprint density at radius 3 is 2.64 bits per heavy atom. The smallest absolute Gasteiger partial charge is 0.226 e. The number of aryl methyl sites for hydroxylation is 2. The summed E-state index contributed by atoms with van der Waals surface area (Å²) in [7, 11) is 0. The molecule has 0 saturated heterocycles. The summed E-state index contributed by atoms with van der Waals surface area (Å²) in [4.78, 5) is 26.8. The number of H-pyrrole nitrogens is 1. The lowest BCUT2D eigenvalue weighted by Crippen LogP contribution is -2.47. The fourth-order valence-electron chi connectivity index (χ4n) is 4.52. The molecule has 1 atom stereocenters. The maximum absolute atomic E-state index is 13.2. The first-order valence-electron chi connectivity index (χ1n) is 11.8. The van der Waals surface area contributed by atoms with Gasteiger partial charge in [-0.1, -0.05) is 13.0 Å². The average Bonchev–Trinajstić information content (AvgIpc) is 3.44. The molecule has 4 aromatic rings. The molecule has 0 aromatic carbocycles. The summed E-state index contributed by atoms with van der Waals surface area (Å²) < 4.78 is 14.6. The van der Waals surface area contributed by atoms with Gasteiger partial charge in [0.2, 0.25) is 5.91 Å². The van der Waals surface area contributed by atoms with Crippen molar-refractivity contribution in [3.8, 4) is 5.82 Å². The molecule has 11 heteroatoms. The van der Waals surface area contributed by atoms with E-state index in [1.807, 2.05) is 45.9 Å². The van der Waals surface area contributed by atoms with E-state index < -0.39 is 11.2 Å². The number of aromatic amines is 1. The largest absolute Gasteiger partial charge is 0.349 e. The first-order chi connectivity index (χ1) is 17.2. The Kier molecular flexibility index (Phi) is 5.99. The van der Waals surface area contributed by atoms with Crippen LogP contribution in [0.5, 0.6) is 0 Å². The Morgan fingerprint density at radius 1 is 1.19 bits per heavy atom. The summed E-state index contributed by atoms with van der Waals surface area (Å²) in [5.74, 6) is 2.29. The monoisotopic (exact) mass is 489 g/mol. The third-order valence-electron chi connectivity index (χ3n) is 6.54. The van der Waals surface area contributed by atoms with Crippen LogP contribution >= 0.6 is 0 Å². The molecule has 0 unspecified atom stereocenters. The van der Waals surface area contributed by atoms with E-state index in [2.05, 4.69) is 40.9 Å². The standard InChI is InChI=1S/C25H28FN9O/c1-14-7-20(31-21-8-15(2)33-34-21)32-23(29-14)18-9-25(4,10-18)24(36)30-16(3)17-5-6-22(27-11-17)35-13-19(26)12-28-35/h5-8,11-13,16,18H,9-10H2,1-4H3,(H,30,36)(H2,29,31,32,33,34)/t16-,18-,25+/m0/s1. The summed E-state index contributed by atoms with van der Waals surface area (Å²) >= 11 is 0. The van der Waals surface area contributed by atoms with Crippen molar-refractivity contribution in [3.63, 3.8) is 0 Å². The summed E-state index contributed by atoms with van der Waals surface area (Å²) in [6, 6.07) is 7.16. The van der Waals surface area contributed by atoms with E-state index in [1.165, 1.54) is 10.9 Å². The van der Waals surface area contributed by atoms with Crippen LogP contribution < -0.4 is 10.6 Å². The molecule has 4 heterocycles. The van der Waals surface area contributed by atoms with Gasteiger partial charge in [0, 0.05) is 41.1 Å². The van der Waals surface area contributed by atoms with Crippen LogP contribution in [0.1, 0.15) is 61.4 Å². The lowest BCUT2D eigenvalue weighted by atomic mass is 9.62. The van der Waals surface area contributed by atoms with Crippen LogP contribution in [0, 0.1) is 25.1 Å². The first-order valence-corrected chi connectivity index (χ1v) is 11.8. The summed E-state index contributed by atoms with van der Waals surface area (Å²) in [6.07, 6.45) is 5.39. The summed E-state index contributed by atoms with van der Waals surface area (Å²) in [5, 5.41) is 17.3. The number of anilines is 2. The number of rotatable bonds is 7. The highest BCUT2D eigenvalue weighted by Gasteiger charge is 2.48. The summed E-state index contributed by atoms with van der Waals surface area (Å²) in [5.41, 5.74) is 2.16. The van der Waals surface area contributed by atoms with Crippen molar-refractivity contribution in [3.05, 3.63) is 71.4 Å². The number of carbonyl (C=O) groups is 1. The van der Waals surface area contributed by atoms with Crippen LogP contribution in [0.2, 0.25) is 0 Å². The fraction of sp³-hybridized carbons (Fsp3) is 0.360. The maximum atomic E-state index is 13.2. The zero-order valence-corrected chi connectivity index (χ0v) is 20.6. The Labute approximate surface area is 207 Å². The predicted octanol–water partition coefficient (Wildman–Crippen LogP) is 4.04. The Balaban J connectivity index is 1.20. The molecule has 4 aromatic heterocycles. The molecule has 5 rings (SSSR count). The second kappa shape index (κ2) is 9.14. The van der Waals surface area contributed by atoms with E-state index in [0.717, 1.165) is 29.0 Å². The Bertz CT molecular complexity index is 1390. The number of aromatic nitrogens is 7. The van der Waals surface area contributed by atoms with Crippen molar-refractivity contribution in [2.75, 3.05) is 5.32 Å². The molecule has 186 valence electrons. The highest BCUT2D eigenvalue weighted by molar-refractivity contribution is 5.84. The van der Waals surface area contributed by atoms with E-state index in [4.69, 9.17) is 0 Å². The first kappa shape index (κ1) is 23.6. The van der Waals surface area contributed by atoms with Crippen LogP contribution in [0.3, 0.4) is 0 Å². The number of hydrogen-bond donors (Lipinski definition) is 3. The molecule has 0 spiro atoms. The predicted molar refractivity (Wildman–Crippen MR) is 131 cm³/mol. The van der Waals surface area contributed by atoms with Crippen LogP contribution in [0.25, 0.3) is 5.82 Å². The third kappa shape index (κ3) is 4.81. The molecule has 3 N–H and O–H groups in total. The van der Waals surface area contributed by atoms with Crippen LogP contribution in [0.4, 0.5) is 16.0 Å². The van der Waals surface area contributed by atoms with Crippen LogP contribution in [-0.2, 0) is 4.79 Å². The second-order valence-corrected chi connectivity index (χ2v) is 9.73. The normalized spacial score (nSPS) is 20.0. The molecule has 0 aliphatic heterocycles. The van der Waals surface area contributed by atoms with Crippen LogP contribution in [0.15, 0.2) is 42.9 Å². The second-order valence-electron chi connectivity index (χ2n) is 9.73. The molecule has 0 bridgehead atoms. The molecular weight excluding hydrogens is 461 g/mol. The molecule has 1 amide bonds. The van der Waals surface area contributed by atoms with Gasteiger partial charge in [-0.25, -0.2) is 24.0 Å². The molecule has 1 aliphatic carbocycles. The number of nitrogens with one attached hydrogen (secondary N) is 3. The van der Waals surface area contributed by atoms with Crippen molar-refractivity contribution >= 4 is 17.5 Å². The van der Waals surface area contributed by atoms with E-state index >= 15 is 0 Å². The van der Waals surface area contributed by atoms with Crippen molar-refractivity contribution in [2.24, 2.45) is 5.41 Å². The zero-order valence-electron chi connectivity index (χ0n) is 20.6. The highest BCUT2D eigenvalue weighted by Crippen LogP contribution is 2.50. The van der Waals surface area contributed by atoms with Crippen molar-refractivity contribution in [1.29, 1.82) is 0 Å². The van der Waals surface area contributed by atoms with Gasteiger partial charge in [0.15, 0.2) is 17.5 Å². The van der Waals surface area contributed by atoms with Gasteiger partial charge < -0.3 is 10.6 Å². The minimum Gasteiger partial charge on any atom is -0.349 e. The number of halogens is 1. The number of hydrogen-bond acceptors (Lipinski definition) is 7. The topological polar surface area (TPSA) is 126 Å². The fourth-order valence-corrected chi connectivity index (χ4v) is 4.52. The SMILES string of the molecule is Cc1cc(Nc2cc(C)[nH]n2)nc([C@H]2C[C@@](C)(C(=O)N[C@@H](C)c3ccc(-n4cc(F)cn4)nc3)C2)n1. The van der Waals surface area contributed by atoms with E-state index in [0.29, 0.717) is 30.3 Å². The van der Waals surface area contributed by atoms with Crippen LogP contribution in [-0.4, -0.2) is 40.8 Å². The van der Waals surface area contributed by atoms with E-state index in [1.54, 1.807) is 12.3 Å². The van der Waals surface area contributed by atoms with Gasteiger partial charge >= 0.3 is 0 Å². The number of amides is 1. The van der Waals surface area contributed by atoms with Gasteiger partial charge in [-0.3, -0.25) is 9.89 Å². The van der Waals surface area contributed by atoms with E-state index in [-0.39, 0.29) is 17.9 Å². The minimum atomic E-state index is -0.501. The van der Waals surface area contributed by atoms with Gasteiger partial charge in [0.05, 0.1) is 18.4 Å². The molecule has 1 aliphatic rings. The number of pyridine rings is 1. The number of carbonyl (C=O) groups excluding carboxylic acids is 1. The van der Waals surface area contributed by atoms with Gasteiger partial charge in [0.1, 0.15) is 11.6 Å². The van der Waals surface area contributed by atoms with Crippen molar-refractivity contribution in [1.82, 2.24) is 40.2 Å². The minimum absolute atomic E-state index is 0.0116. The molecule has 0 radical (unpaired) electrons. The maximum Gasteiger partial charge on any atom is 0.226 e. The van der Waals surface area contributed by atoms with E-state index in [9.17, 15) is 9.18 Å². The quantitative estimate of drug-likeness (QED) is 0.358. The molecule has 10 nitrogen and oxygen atoms in total. The number of nitrogens with zero attached hydrogens (tertiary/aromatic N) is 6. The average molecular weight is 490 g/mol. The Hall–Kier alpha value is -4.15. The molecule has 1 fully saturated rings. The molecule has 1 saturated carbocycles. The third-order valence-corrected chi connectivity index (χ3v) is 6.54. The Morgan fingerprint density at radius 2 is 2.00 bits per heavy atom. The van der Waals surface area contributed by atoms with Gasteiger partial charge in [-0.15, -0.1) is 0 Å². The van der Waals surface area contributed by atoms with Gasteiger partial charge in [-0.2, -0.15) is 10.2 Å². The van der Waals surface area contributed by atoms with Gasteiger partial charge in [-0.05, 0) is 45.2 Å². The molecular formula is C25H28FN9O. The van der Waals surface area contributed by atoms with Gasteiger partial charge in [0.25, 0.3) is 0 Å². The lowest BCUT2D eigenvalue weighted by Gasteiger charge is -2.43. The zero-order chi connectivity index (χ0) is 25.4. The molecule has 36 heavy (non-hydrogen) atoms. The highest BCUT2D eigenvalue weighted by atomic mass is 19.1. The van der Waals surface area contributed by atoms with Crippen molar-refractivity contribution in [2.45, 2.75) is 52.5 Å². The summed E-state index contributed by atoms with van der Waals surface area (Å²) in [6.45, 7) is 7.76.